The van der Waals surface area contributed by atoms with Gasteiger partial charge in [0.2, 0.25) is 0 Å². The van der Waals surface area contributed by atoms with Crippen molar-refractivity contribution in [2.75, 3.05) is 14.2 Å². The predicted molar refractivity (Wildman–Crippen MR) is 37.7 cm³/mol. The van der Waals surface area contributed by atoms with Crippen molar-refractivity contribution in [1.29, 1.82) is 0 Å². The highest BCUT2D eigenvalue weighted by Crippen LogP contribution is 1.91. The molecule has 0 fully saturated rings. The lowest BCUT2D eigenvalue weighted by molar-refractivity contribution is 0.154. The van der Waals surface area contributed by atoms with E-state index in [4.69, 9.17) is 0 Å². The maximum absolute atomic E-state index is 10.7. The molecule has 1 amide bonds. The number of hydrogen-bond donors (Lipinski definition) is 0. The van der Waals surface area contributed by atoms with Crippen molar-refractivity contribution in [3.05, 3.63) is 0 Å². The summed E-state index contributed by atoms with van der Waals surface area (Å²) < 4.78 is 6.12. The third kappa shape index (κ3) is 2.50. The summed E-state index contributed by atoms with van der Waals surface area (Å²) in [6.07, 6.45) is -0.242. The molecule has 3 nitrogen and oxygen atoms in total. The molecule has 4 heteroatoms. The second-order valence-corrected chi connectivity index (χ2v) is 4.54. The van der Waals surface area contributed by atoms with Crippen LogP contribution < -0.4 is 0 Å². The van der Waals surface area contributed by atoms with Crippen molar-refractivity contribution in [3.63, 3.8) is 0 Å². The largest absolute Gasteiger partial charge is 0.453 e. The minimum atomic E-state index is -0.665. The van der Waals surface area contributed by atoms with Gasteiger partial charge in [-0.2, -0.15) is 0 Å². The fraction of sp³-hybridized carbons (Fsp3) is 0.800. The molecule has 9 heavy (non-hydrogen) atoms. The minimum Gasteiger partial charge on any atom is -0.453 e. The zero-order chi connectivity index (χ0) is 7.44. The Balaban J connectivity index is 3.72. The molecule has 0 aromatic carbocycles. The first kappa shape index (κ1) is 8.49. The fourth-order valence-corrected chi connectivity index (χ4v) is 0.776. The molecular weight excluding hydrogens is 134 g/mol. The van der Waals surface area contributed by atoms with Gasteiger partial charge >= 0.3 is 6.09 Å². The van der Waals surface area contributed by atoms with Crippen molar-refractivity contribution < 1.29 is 9.53 Å². The van der Waals surface area contributed by atoms with Crippen molar-refractivity contribution >= 4 is 15.1 Å². The number of nitrogens with zero attached hydrogens (tertiary/aromatic N) is 1. The molecule has 0 rings (SSSR count). The Labute approximate surface area is 57.3 Å². The number of hydrogen-bond acceptors (Lipinski definition) is 2. The number of carbonyl (C=O) groups excluding carboxylic acids is 1. The van der Waals surface area contributed by atoms with Crippen molar-refractivity contribution in [2.24, 2.45) is 0 Å². The monoisotopic (exact) mass is 146 g/mol. The van der Waals surface area contributed by atoms with Crippen LogP contribution in [0.25, 0.3) is 0 Å². The maximum atomic E-state index is 10.7. The lowest BCUT2D eigenvalue weighted by Crippen LogP contribution is -2.36. The van der Waals surface area contributed by atoms with Crippen LogP contribution in [0, 0.1) is 0 Å². The molecule has 0 bridgehead atoms. The van der Waals surface area contributed by atoms with Crippen molar-refractivity contribution in [2.45, 2.75) is 13.1 Å². The van der Waals surface area contributed by atoms with E-state index >= 15 is 0 Å². The SMILES string of the molecule is COC(=O)N(C)[Si](C)C. The average molecular weight is 146 g/mol. The molecule has 0 aromatic rings. The molecule has 0 atom stereocenters. The van der Waals surface area contributed by atoms with Gasteiger partial charge in [0.25, 0.3) is 0 Å². The molecule has 0 saturated carbocycles. The van der Waals surface area contributed by atoms with Gasteiger partial charge < -0.3 is 9.30 Å². The van der Waals surface area contributed by atoms with E-state index in [-0.39, 0.29) is 6.09 Å². The summed E-state index contributed by atoms with van der Waals surface area (Å²) in [6.45, 7) is 4.06. The molecule has 0 aliphatic carbocycles. The summed E-state index contributed by atoms with van der Waals surface area (Å²) >= 11 is 0. The highest BCUT2D eigenvalue weighted by atomic mass is 28.3. The summed E-state index contributed by atoms with van der Waals surface area (Å²) in [5, 5.41) is 0. The first-order valence-electron chi connectivity index (χ1n) is 2.71. The first-order chi connectivity index (χ1) is 4.09. The lowest BCUT2D eigenvalue weighted by atomic mass is 11.1. The summed E-state index contributed by atoms with van der Waals surface area (Å²) in [7, 11) is 2.48. The van der Waals surface area contributed by atoms with Crippen molar-refractivity contribution in [1.82, 2.24) is 4.57 Å². The second kappa shape index (κ2) is 3.50. The summed E-state index contributed by atoms with van der Waals surface area (Å²) in [6, 6.07) is 0. The van der Waals surface area contributed by atoms with E-state index in [0.29, 0.717) is 0 Å². The van der Waals surface area contributed by atoms with Crippen LogP contribution >= 0.6 is 0 Å². The number of rotatable bonds is 1. The number of ether oxygens (including phenoxy) is 1. The summed E-state index contributed by atoms with van der Waals surface area (Å²) in [5.74, 6) is 0. The fourth-order valence-electron chi connectivity index (χ4n) is 0.320. The molecule has 53 valence electrons. The van der Waals surface area contributed by atoms with E-state index in [9.17, 15) is 4.79 Å². The Hall–Kier alpha value is -0.513. The van der Waals surface area contributed by atoms with Crippen LogP contribution in [-0.2, 0) is 4.74 Å². The van der Waals surface area contributed by atoms with Gasteiger partial charge in [-0.15, -0.1) is 0 Å². The van der Waals surface area contributed by atoms with Crippen LogP contribution in [0.4, 0.5) is 4.79 Å². The van der Waals surface area contributed by atoms with Crippen LogP contribution in [0.1, 0.15) is 0 Å². The van der Waals surface area contributed by atoms with Crippen LogP contribution in [0.2, 0.25) is 13.1 Å². The Morgan fingerprint density at radius 1 is 1.56 bits per heavy atom. The Bertz CT molecular complexity index is 105. The van der Waals surface area contributed by atoms with Gasteiger partial charge in [-0.05, 0) is 0 Å². The van der Waals surface area contributed by atoms with E-state index in [1.165, 1.54) is 7.11 Å². The van der Waals surface area contributed by atoms with E-state index in [0.717, 1.165) is 0 Å². The minimum absolute atomic E-state index is 0.242. The molecular formula is C5H12NO2Si. The van der Waals surface area contributed by atoms with Gasteiger partial charge in [0.15, 0.2) is 8.96 Å². The van der Waals surface area contributed by atoms with Crippen LogP contribution in [0.15, 0.2) is 0 Å². The normalized spacial score (nSPS) is 9.44. The lowest BCUT2D eigenvalue weighted by Gasteiger charge is -2.17. The molecule has 0 heterocycles. The number of amides is 1. The predicted octanol–water partition coefficient (Wildman–Crippen LogP) is 0.936. The molecule has 0 spiro atoms. The molecule has 0 N–H and O–H groups in total. The van der Waals surface area contributed by atoms with Crippen LogP contribution in [-0.4, -0.2) is 33.8 Å². The average Bonchev–Trinajstić information content (AvgIpc) is 1.84. The van der Waals surface area contributed by atoms with Crippen LogP contribution in [0.3, 0.4) is 0 Å². The molecule has 1 radical (unpaired) electrons. The Morgan fingerprint density at radius 3 is 2.11 bits per heavy atom. The van der Waals surface area contributed by atoms with Gasteiger partial charge in [-0.3, -0.25) is 0 Å². The smallest absolute Gasteiger partial charge is 0.401 e. The first-order valence-corrected chi connectivity index (χ1v) is 5.16. The summed E-state index contributed by atoms with van der Waals surface area (Å²) in [4.78, 5) is 10.7. The quantitative estimate of drug-likeness (QED) is 0.515. The maximum Gasteiger partial charge on any atom is 0.401 e. The van der Waals surface area contributed by atoms with Gasteiger partial charge in [0.1, 0.15) is 0 Å². The zero-order valence-electron chi connectivity index (χ0n) is 6.26. The van der Waals surface area contributed by atoms with Crippen LogP contribution in [0.5, 0.6) is 0 Å². The highest BCUT2D eigenvalue weighted by Gasteiger charge is 2.11. The standard InChI is InChI=1S/C5H12NO2Si/c1-6(9(3)4)5(7)8-2/h1-4H3. The van der Waals surface area contributed by atoms with Gasteiger partial charge in [-0.25, -0.2) is 4.79 Å². The number of methoxy groups -OCH3 is 1. The second-order valence-electron chi connectivity index (χ2n) is 1.98. The molecule has 0 aromatic heterocycles. The zero-order valence-corrected chi connectivity index (χ0v) is 7.26. The highest BCUT2D eigenvalue weighted by molar-refractivity contribution is 6.55. The molecule has 0 aliphatic heterocycles. The third-order valence-electron chi connectivity index (χ3n) is 1.12. The van der Waals surface area contributed by atoms with E-state index in [1.54, 1.807) is 11.6 Å². The molecule has 0 unspecified atom stereocenters. The van der Waals surface area contributed by atoms with Crippen molar-refractivity contribution in [3.8, 4) is 0 Å². The van der Waals surface area contributed by atoms with E-state index in [1.807, 2.05) is 13.1 Å². The molecule has 0 aliphatic rings. The van der Waals surface area contributed by atoms with Gasteiger partial charge in [0.05, 0.1) is 7.11 Å². The third-order valence-corrected chi connectivity index (χ3v) is 2.64. The van der Waals surface area contributed by atoms with E-state index in [2.05, 4.69) is 4.74 Å². The topological polar surface area (TPSA) is 29.5 Å². The van der Waals surface area contributed by atoms with Gasteiger partial charge in [0, 0.05) is 7.05 Å². The van der Waals surface area contributed by atoms with Gasteiger partial charge in [-0.1, -0.05) is 13.1 Å². The summed E-state index contributed by atoms with van der Waals surface area (Å²) in [5.41, 5.74) is 0. The Kier molecular flexibility index (Phi) is 3.30. The molecule has 0 saturated heterocycles. The van der Waals surface area contributed by atoms with E-state index < -0.39 is 8.96 Å². The number of carbonyl (C=O) groups is 1. The Morgan fingerprint density at radius 2 is 2.00 bits per heavy atom.